The second-order valence-corrected chi connectivity index (χ2v) is 7.11. The minimum atomic E-state index is -0.833. The van der Waals surface area contributed by atoms with Gasteiger partial charge in [-0.1, -0.05) is 0 Å². The highest BCUT2D eigenvalue weighted by Gasteiger charge is 2.43. The second kappa shape index (κ2) is 9.14. The third-order valence-corrected chi connectivity index (χ3v) is 4.74. The largest absolute Gasteiger partial charge is 0.481 e. The van der Waals surface area contributed by atoms with Gasteiger partial charge in [0.05, 0.1) is 18.2 Å². The van der Waals surface area contributed by atoms with Crippen molar-refractivity contribution in [3.05, 3.63) is 18.2 Å². The number of hydrogen-bond acceptors (Lipinski definition) is 5. The first-order valence-electron chi connectivity index (χ1n) is 9.09. The van der Waals surface area contributed by atoms with Crippen LogP contribution in [-0.2, 0) is 14.3 Å². The molecule has 3 N–H and O–H groups in total. The lowest BCUT2D eigenvalue weighted by atomic mass is 9.88. The molecule has 0 aromatic carbocycles. The number of imidazole rings is 1. The summed E-state index contributed by atoms with van der Waals surface area (Å²) in [6.45, 7) is 5.24. The van der Waals surface area contributed by atoms with E-state index in [4.69, 9.17) is 24.5 Å². The van der Waals surface area contributed by atoms with Crippen LogP contribution in [0.4, 0.5) is 0 Å². The van der Waals surface area contributed by atoms with Crippen molar-refractivity contribution in [3.8, 4) is 0 Å². The molecule has 1 spiro atoms. The molecule has 1 saturated carbocycles. The van der Waals surface area contributed by atoms with E-state index in [1.54, 1.807) is 0 Å². The standard InChI is InChI=1S/C14H21N3O.2C2H4O2/c1-2-11(1)13-16-7-8-17(13)12-9-14(18-10-12)3-5-15-6-4-14;2*1-2(3)4/h7-8,11-12,15H,1-6,9-10H2;2*1H3,(H,3,4). The lowest BCUT2D eigenvalue weighted by Crippen LogP contribution is -2.41. The Kier molecular flexibility index (Phi) is 7.16. The maximum Gasteiger partial charge on any atom is 0.300 e. The van der Waals surface area contributed by atoms with Gasteiger partial charge in [0, 0.05) is 32.2 Å². The predicted octanol–water partition coefficient (Wildman–Crippen LogP) is 2.03. The summed E-state index contributed by atoms with van der Waals surface area (Å²) in [7, 11) is 0. The molecule has 1 aliphatic carbocycles. The van der Waals surface area contributed by atoms with Crippen molar-refractivity contribution in [2.75, 3.05) is 19.7 Å². The van der Waals surface area contributed by atoms with Crippen LogP contribution in [0.5, 0.6) is 0 Å². The van der Waals surface area contributed by atoms with Crippen LogP contribution in [0.15, 0.2) is 12.4 Å². The number of carboxylic acid groups (broad SMARTS) is 2. The number of carboxylic acids is 2. The number of ether oxygens (including phenoxy) is 1. The highest BCUT2D eigenvalue weighted by atomic mass is 16.5. The van der Waals surface area contributed by atoms with E-state index in [0.717, 1.165) is 52.3 Å². The Morgan fingerprint density at radius 2 is 1.81 bits per heavy atom. The van der Waals surface area contributed by atoms with Crippen molar-refractivity contribution in [1.82, 2.24) is 14.9 Å². The molecule has 4 rings (SSSR count). The molecule has 1 unspecified atom stereocenters. The van der Waals surface area contributed by atoms with Gasteiger partial charge < -0.3 is 24.8 Å². The Balaban J connectivity index is 0.000000261. The van der Waals surface area contributed by atoms with Gasteiger partial charge in [-0.05, 0) is 45.2 Å². The van der Waals surface area contributed by atoms with Crippen LogP contribution in [0.25, 0.3) is 0 Å². The van der Waals surface area contributed by atoms with E-state index < -0.39 is 11.9 Å². The number of hydrogen-bond donors (Lipinski definition) is 3. The monoisotopic (exact) mass is 367 g/mol. The SMILES string of the molecule is CC(=O)O.CC(=O)O.c1cn(C2COC3(CCNCC3)C2)c(C2CC2)n1. The van der Waals surface area contributed by atoms with Gasteiger partial charge in [0.2, 0.25) is 0 Å². The fourth-order valence-electron chi connectivity index (χ4n) is 3.52. The summed E-state index contributed by atoms with van der Waals surface area (Å²) < 4.78 is 8.58. The van der Waals surface area contributed by atoms with Crippen molar-refractivity contribution in [1.29, 1.82) is 0 Å². The number of aromatic nitrogens is 2. The lowest BCUT2D eigenvalue weighted by Gasteiger charge is -2.33. The molecule has 8 nitrogen and oxygen atoms in total. The van der Waals surface area contributed by atoms with Crippen LogP contribution < -0.4 is 5.32 Å². The molecular formula is C18H29N3O5. The molecule has 1 atom stereocenters. The molecule has 2 saturated heterocycles. The maximum absolute atomic E-state index is 9.00. The van der Waals surface area contributed by atoms with Crippen LogP contribution in [0.1, 0.15) is 63.7 Å². The lowest BCUT2D eigenvalue weighted by molar-refractivity contribution is -0.135. The summed E-state index contributed by atoms with van der Waals surface area (Å²) in [5.74, 6) is 0.360. The van der Waals surface area contributed by atoms with Crippen LogP contribution in [0.2, 0.25) is 0 Å². The van der Waals surface area contributed by atoms with Gasteiger partial charge in [-0.2, -0.15) is 0 Å². The molecule has 146 valence electrons. The molecule has 0 amide bonds. The van der Waals surface area contributed by atoms with Crippen molar-refractivity contribution in [3.63, 3.8) is 0 Å². The van der Waals surface area contributed by atoms with Gasteiger partial charge in [-0.25, -0.2) is 4.98 Å². The Morgan fingerprint density at radius 3 is 2.35 bits per heavy atom. The van der Waals surface area contributed by atoms with Crippen LogP contribution in [0.3, 0.4) is 0 Å². The van der Waals surface area contributed by atoms with E-state index in [0.29, 0.717) is 6.04 Å². The molecule has 3 aliphatic rings. The number of piperidine rings is 1. The molecule has 26 heavy (non-hydrogen) atoms. The van der Waals surface area contributed by atoms with Gasteiger partial charge in [0.1, 0.15) is 5.82 Å². The molecule has 8 heteroatoms. The Morgan fingerprint density at radius 1 is 1.23 bits per heavy atom. The van der Waals surface area contributed by atoms with Gasteiger partial charge in [0.15, 0.2) is 0 Å². The minimum absolute atomic E-state index is 0.154. The van der Waals surface area contributed by atoms with E-state index in [9.17, 15) is 0 Å². The van der Waals surface area contributed by atoms with E-state index in [1.807, 2.05) is 6.20 Å². The third kappa shape index (κ3) is 6.10. The summed E-state index contributed by atoms with van der Waals surface area (Å²) in [6.07, 6.45) is 10.3. The first kappa shape index (κ1) is 20.4. The predicted molar refractivity (Wildman–Crippen MR) is 95.3 cm³/mol. The Labute approximate surface area is 153 Å². The Bertz CT molecular complexity index is 586. The van der Waals surface area contributed by atoms with Crippen molar-refractivity contribution in [2.45, 2.75) is 63.5 Å². The first-order valence-corrected chi connectivity index (χ1v) is 9.09. The quantitative estimate of drug-likeness (QED) is 0.733. The van der Waals surface area contributed by atoms with Crippen LogP contribution in [0, 0.1) is 0 Å². The van der Waals surface area contributed by atoms with Gasteiger partial charge in [0.25, 0.3) is 11.9 Å². The number of carbonyl (C=O) groups is 2. The fourth-order valence-corrected chi connectivity index (χ4v) is 3.52. The van der Waals surface area contributed by atoms with E-state index in [-0.39, 0.29) is 5.60 Å². The summed E-state index contributed by atoms with van der Waals surface area (Å²) >= 11 is 0. The average Bonchev–Trinajstić information content (AvgIpc) is 3.14. The van der Waals surface area contributed by atoms with Gasteiger partial charge >= 0.3 is 0 Å². The zero-order valence-corrected chi connectivity index (χ0v) is 15.5. The van der Waals surface area contributed by atoms with Crippen molar-refractivity contribution < 1.29 is 24.5 Å². The van der Waals surface area contributed by atoms with Crippen molar-refractivity contribution >= 4 is 11.9 Å². The Hall–Kier alpha value is -1.93. The number of nitrogens with zero attached hydrogens (tertiary/aromatic N) is 2. The summed E-state index contributed by atoms with van der Waals surface area (Å²) in [6, 6.07) is 0.515. The normalized spacial score (nSPS) is 23.4. The molecule has 2 aliphatic heterocycles. The minimum Gasteiger partial charge on any atom is -0.481 e. The maximum atomic E-state index is 9.00. The summed E-state index contributed by atoms with van der Waals surface area (Å²) in [5.41, 5.74) is 0.154. The number of rotatable bonds is 2. The number of nitrogens with one attached hydrogen (secondary N) is 1. The number of aliphatic carboxylic acids is 2. The molecule has 0 radical (unpaired) electrons. The zero-order chi connectivity index (χ0) is 19.2. The van der Waals surface area contributed by atoms with E-state index >= 15 is 0 Å². The third-order valence-electron chi connectivity index (χ3n) is 4.74. The topological polar surface area (TPSA) is 114 Å². The highest BCUT2D eigenvalue weighted by molar-refractivity contribution is 5.63. The molecule has 3 fully saturated rings. The molecular weight excluding hydrogens is 338 g/mol. The molecule has 1 aromatic rings. The summed E-state index contributed by atoms with van der Waals surface area (Å²) in [5, 5.41) is 18.3. The highest BCUT2D eigenvalue weighted by Crippen LogP contribution is 2.44. The fraction of sp³-hybridized carbons (Fsp3) is 0.722. The summed E-state index contributed by atoms with van der Waals surface area (Å²) in [4.78, 5) is 22.6. The van der Waals surface area contributed by atoms with Gasteiger partial charge in [-0.15, -0.1) is 0 Å². The van der Waals surface area contributed by atoms with E-state index in [2.05, 4.69) is 21.1 Å². The second-order valence-electron chi connectivity index (χ2n) is 7.11. The van der Waals surface area contributed by atoms with Gasteiger partial charge in [-0.3, -0.25) is 9.59 Å². The first-order chi connectivity index (χ1) is 12.3. The van der Waals surface area contributed by atoms with Crippen LogP contribution >= 0.6 is 0 Å². The van der Waals surface area contributed by atoms with Crippen LogP contribution in [-0.4, -0.2) is 57.0 Å². The zero-order valence-electron chi connectivity index (χ0n) is 15.5. The van der Waals surface area contributed by atoms with E-state index in [1.165, 1.54) is 25.1 Å². The smallest absolute Gasteiger partial charge is 0.300 e. The average molecular weight is 367 g/mol. The molecule has 1 aromatic heterocycles. The van der Waals surface area contributed by atoms with Crippen molar-refractivity contribution in [2.24, 2.45) is 0 Å². The molecule has 0 bridgehead atoms. The molecule has 3 heterocycles.